The van der Waals surface area contributed by atoms with Crippen LogP contribution in [0.1, 0.15) is 13.3 Å². The van der Waals surface area contributed by atoms with Crippen molar-refractivity contribution in [2.24, 2.45) is 5.73 Å². The average molecular weight is 177 g/mol. The highest BCUT2D eigenvalue weighted by Crippen LogP contribution is 2.05. The number of carbonyl (C=O) groups is 2. The number of hydrogen-bond acceptors (Lipinski definition) is 4. The van der Waals surface area contributed by atoms with E-state index < -0.39 is 12.0 Å². The second kappa shape index (κ2) is 5.15. The maximum absolute atomic E-state index is 10.8. The Morgan fingerprint density at radius 2 is 2.18 bits per heavy atom. The second-order valence-corrected chi connectivity index (χ2v) is 3.20. The van der Waals surface area contributed by atoms with E-state index in [0.717, 1.165) is 11.8 Å². The highest BCUT2D eigenvalue weighted by atomic mass is 32.2. The summed E-state index contributed by atoms with van der Waals surface area (Å²) < 4.78 is 0. The summed E-state index contributed by atoms with van der Waals surface area (Å²) in [4.78, 5) is 20.8. The molecule has 3 N–H and O–H groups in total. The predicted molar refractivity (Wildman–Crippen MR) is 43.4 cm³/mol. The molecule has 64 valence electrons. The molecule has 1 atom stereocenters. The molecule has 11 heavy (non-hydrogen) atoms. The minimum absolute atomic E-state index is 0.00310. The van der Waals surface area contributed by atoms with E-state index in [2.05, 4.69) is 0 Å². The van der Waals surface area contributed by atoms with Crippen molar-refractivity contribution in [1.29, 1.82) is 0 Å². The number of carboxylic acid groups (broad SMARTS) is 1. The Labute approximate surface area is 69.1 Å². The molecule has 0 bridgehead atoms. The van der Waals surface area contributed by atoms with Crippen molar-refractivity contribution in [1.82, 2.24) is 0 Å². The van der Waals surface area contributed by atoms with Crippen molar-refractivity contribution in [3.8, 4) is 0 Å². The molecule has 0 rings (SSSR count). The molecule has 0 aromatic rings. The number of nitrogens with two attached hydrogens (primary N) is 1. The molecule has 0 spiro atoms. The lowest BCUT2D eigenvalue weighted by molar-refractivity contribution is -0.136. The maximum Gasteiger partial charge on any atom is 0.304 e. The van der Waals surface area contributed by atoms with Gasteiger partial charge in [0.05, 0.1) is 12.5 Å². The standard InChI is InChI=1S/C6H11NO3S/c1-4(7)6(10)11-3-2-5(8)9/h4H,2-3,7H2,1H3,(H,8,9)/t4-/m0/s1. The van der Waals surface area contributed by atoms with Crippen LogP contribution >= 0.6 is 11.8 Å². The lowest BCUT2D eigenvalue weighted by Gasteiger charge is -2.00. The van der Waals surface area contributed by atoms with E-state index >= 15 is 0 Å². The summed E-state index contributed by atoms with van der Waals surface area (Å²) in [6.45, 7) is 1.58. The second-order valence-electron chi connectivity index (χ2n) is 2.10. The molecule has 0 amide bonds. The van der Waals surface area contributed by atoms with Crippen molar-refractivity contribution >= 4 is 22.8 Å². The van der Waals surface area contributed by atoms with Crippen LogP contribution in [0, 0.1) is 0 Å². The summed E-state index contributed by atoms with van der Waals surface area (Å²) in [5.41, 5.74) is 5.24. The van der Waals surface area contributed by atoms with Gasteiger partial charge in [-0.25, -0.2) is 0 Å². The fourth-order valence-electron chi connectivity index (χ4n) is 0.370. The number of carbonyl (C=O) groups excluding carboxylic acids is 1. The molecule has 0 saturated heterocycles. The summed E-state index contributed by atoms with van der Waals surface area (Å²) >= 11 is 0.968. The van der Waals surface area contributed by atoms with Crippen LogP contribution in [0.5, 0.6) is 0 Å². The zero-order chi connectivity index (χ0) is 8.85. The van der Waals surface area contributed by atoms with Crippen LogP contribution in [0.3, 0.4) is 0 Å². The van der Waals surface area contributed by atoms with Crippen molar-refractivity contribution < 1.29 is 14.7 Å². The smallest absolute Gasteiger partial charge is 0.304 e. The first-order valence-electron chi connectivity index (χ1n) is 3.18. The van der Waals surface area contributed by atoms with Crippen molar-refractivity contribution in [2.45, 2.75) is 19.4 Å². The molecular formula is C6H11NO3S. The SMILES string of the molecule is C[C@H](N)C(=O)SCCC(=O)O. The van der Waals surface area contributed by atoms with Gasteiger partial charge >= 0.3 is 5.97 Å². The Morgan fingerprint density at radius 1 is 1.64 bits per heavy atom. The lowest BCUT2D eigenvalue weighted by atomic mass is 10.4. The molecular weight excluding hydrogens is 166 g/mol. The zero-order valence-electron chi connectivity index (χ0n) is 6.24. The highest BCUT2D eigenvalue weighted by Gasteiger charge is 2.08. The number of hydrogen-bond donors (Lipinski definition) is 2. The molecule has 5 heteroatoms. The van der Waals surface area contributed by atoms with Crippen LogP contribution < -0.4 is 5.73 Å². The third kappa shape index (κ3) is 5.87. The van der Waals surface area contributed by atoms with Gasteiger partial charge in [0.1, 0.15) is 0 Å². The number of carboxylic acids is 1. The molecule has 0 aromatic carbocycles. The van der Waals surface area contributed by atoms with Gasteiger partial charge in [-0.1, -0.05) is 11.8 Å². The van der Waals surface area contributed by atoms with Crippen molar-refractivity contribution in [3.63, 3.8) is 0 Å². The van der Waals surface area contributed by atoms with Gasteiger partial charge < -0.3 is 10.8 Å². The van der Waals surface area contributed by atoms with Crippen LogP contribution in [-0.2, 0) is 9.59 Å². The molecule has 0 fully saturated rings. The first-order valence-corrected chi connectivity index (χ1v) is 4.16. The molecule has 0 aromatic heterocycles. The van der Waals surface area contributed by atoms with E-state index in [0.29, 0.717) is 5.75 Å². The average Bonchev–Trinajstić information content (AvgIpc) is 1.86. The minimum Gasteiger partial charge on any atom is -0.481 e. The van der Waals surface area contributed by atoms with Gasteiger partial charge in [0.15, 0.2) is 0 Å². The van der Waals surface area contributed by atoms with Gasteiger partial charge in [-0.15, -0.1) is 0 Å². The van der Waals surface area contributed by atoms with Gasteiger partial charge in [0, 0.05) is 5.75 Å². The largest absolute Gasteiger partial charge is 0.481 e. The molecule has 0 unspecified atom stereocenters. The minimum atomic E-state index is -0.894. The zero-order valence-corrected chi connectivity index (χ0v) is 7.06. The quantitative estimate of drug-likeness (QED) is 0.635. The summed E-state index contributed by atoms with van der Waals surface area (Å²) in [7, 11) is 0. The summed E-state index contributed by atoms with van der Waals surface area (Å²) in [5.74, 6) is -0.592. The van der Waals surface area contributed by atoms with Crippen LogP contribution in [0.4, 0.5) is 0 Å². The first-order chi connectivity index (χ1) is 5.04. The Bertz CT molecular complexity index is 158. The van der Waals surface area contributed by atoms with Gasteiger partial charge in [0.25, 0.3) is 0 Å². The monoisotopic (exact) mass is 177 g/mol. The molecule has 4 nitrogen and oxygen atoms in total. The molecule has 0 radical (unpaired) electrons. The molecule has 0 heterocycles. The molecule has 0 aliphatic heterocycles. The normalized spacial score (nSPS) is 12.5. The first kappa shape index (κ1) is 10.4. The lowest BCUT2D eigenvalue weighted by Crippen LogP contribution is -2.24. The van der Waals surface area contributed by atoms with E-state index in [4.69, 9.17) is 10.8 Å². The van der Waals surface area contributed by atoms with Gasteiger partial charge in [0.2, 0.25) is 5.12 Å². The summed E-state index contributed by atoms with van der Waals surface area (Å²) in [6.07, 6.45) is 0.00310. The Morgan fingerprint density at radius 3 is 2.55 bits per heavy atom. The fraction of sp³-hybridized carbons (Fsp3) is 0.667. The number of aliphatic carboxylic acids is 1. The van der Waals surface area contributed by atoms with E-state index in [1.165, 1.54) is 0 Å². The van der Waals surface area contributed by atoms with E-state index in [9.17, 15) is 9.59 Å². The summed E-state index contributed by atoms with van der Waals surface area (Å²) in [6, 6.07) is -0.506. The highest BCUT2D eigenvalue weighted by molar-refractivity contribution is 8.13. The third-order valence-electron chi connectivity index (χ3n) is 0.932. The van der Waals surface area contributed by atoms with Gasteiger partial charge in [-0.2, -0.15) is 0 Å². The third-order valence-corrected chi connectivity index (χ3v) is 2.00. The number of thioether (sulfide) groups is 1. The Balaban J connectivity index is 3.39. The van der Waals surface area contributed by atoms with Crippen molar-refractivity contribution in [2.75, 3.05) is 5.75 Å². The van der Waals surface area contributed by atoms with Gasteiger partial charge in [-0.3, -0.25) is 9.59 Å². The predicted octanol–water partition coefficient (Wildman–Crippen LogP) is 0.0681. The maximum atomic E-state index is 10.8. The fourth-order valence-corrected chi connectivity index (χ4v) is 1.11. The van der Waals surface area contributed by atoms with Crippen LogP contribution in [-0.4, -0.2) is 28.0 Å². The van der Waals surface area contributed by atoms with E-state index in [1.54, 1.807) is 6.92 Å². The Kier molecular flexibility index (Phi) is 4.89. The Hall–Kier alpha value is -0.550. The van der Waals surface area contributed by atoms with Crippen LogP contribution in [0.25, 0.3) is 0 Å². The van der Waals surface area contributed by atoms with Gasteiger partial charge in [-0.05, 0) is 6.92 Å². The summed E-state index contributed by atoms with van der Waals surface area (Å²) in [5, 5.41) is 8.05. The number of rotatable bonds is 4. The van der Waals surface area contributed by atoms with Crippen molar-refractivity contribution in [3.05, 3.63) is 0 Å². The van der Waals surface area contributed by atoms with E-state index in [-0.39, 0.29) is 11.5 Å². The molecule has 0 aliphatic carbocycles. The topological polar surface area (TPSA) is 80.4 Å². The van der Waals surface area contributed by atoms with Crippen LogP contribution in [0.2, 0.25) is 0 Å². The molecule has 0 saturated carbocycles. The van der Waals surface area contributed by atoms with E-state index in [1.807, 2.05) is 0 Å². The van der Waals surface area contributed by atoms with Crippen LogP contribution in [0.15, 0.2) is 0 Å². The molecule has 0 aliphatic rings.